The molecule has 0 aliphatic heterocycles. The Labute approximate surface area is 144 Å². The normalized spacial score (nSPS) is 10.7. The third-order valence-corrected chi connectivity index (χ3v) is 4.40. The molecule has 1 aromatic carbocycles. The van der Waals surface area contributed by atoms with Gasteiger partial charge < -0.3 is 10.6 Å². The topological polar surface area (TPSA) is 87.3 Å². The van der Waals surface area contributed by atoms with Crippen LogP contribution >= 0.6 is 12.4 Å². The Morgan fingerprint density at radius 3 is 2.22 bits per heavy atom. The summed E-state index contributed by atoms with van der Waals surface area (Å²) in [7, 11) is -3.30. The predicted molar refractivity (Wildman–Crippen MR) is 96.9 cm³/mol. The van der Waals surface area contributed by atoms with Crippen LogP contribution in [0, 0.1) is 0 Å². The summed E-state index contributed by atoms with van der Waals surface area (Å²) in [5.74, 6) is -0.0822. The largest absolute Gasteiger partial charge is 0.351 e. The van der Waals surface area contributed by atoms with Crippen LogP contribution in [0.3, 0.4) is 0 Å². The highest BCUT2D eigenvalue weighted by Gasteiger charge is 2.09. The van der Waals surface area contributed by atoms with E-state index in [1.54, 1.807) is 24.3 Å². The van der Waals surface area contributed by atoms with Gasteiger partial charge in [0.15, 0.2) is 0 Å². The fourth-order valence-corrected chi connectivity index (χ4v) is 2.99. The lowest BCUT2D eigenvalue weighted by Crippen LogP contribution is -2.32. The van der Waals surface area contributed by atoms with Crippen molar-refractivity contribution < 1.29 is 13.2 Å². The Bertz CT molecular complexity index is 562. The van der Waals surface area contributed by atoms with Crippen molar-refractivity contribution in [2.45, 2.75) is 26.7 Å². The summed E-state index contributed by atoms with van der Waals surface area (Å²) in [6.45, 7) is 6.12. The molecule has 132 valence electrons. The van der Waals surface area contributed by atoms with Crippen molar-refractivity contribution in [2.24, 2.45) is 0 Å². The number of halogens is 1. The fraction of sp³-hybridized carbons (Fsp3) is 0.533. The number of carbonyl (C=O) groups is 1. The summed E-state index contributed by atoms with van der Waals surface area (Å²) in [6.07, 6.45) is 1.62. The molecule has 3 N–H and O–H groups in total. The molecular formula is C15H26ClN3O3S. The molecule has 0 radical (unpaired) electrons. The van der Waals surface area contributed by atoms with Crippen molar-refractivity contribution in [1.82, 2.24) is 10.6 Å². The molecule has 0 aromatic heterocycles. The highest BCUT2D eigenvalue weighted by atomic mass is 35.5. The minimum absolute atomic E-state index is 0. The SMILES string of the molecule is CCCNCCNC(=O)c1ccc(NS(=O)(=O)CCC)cc1.Cl. The number of carbonyl (C=O) groups excluding carboxylic acids is 1. The van der Waals surface area contributed by atoms with Crippen LogP contribution in [0.4, 0.5) is 5.69 Å². The molecule has 0 aliphatic carbocycles. The summed E-state index contributed by atoms with van der Waals surface area (Å²) in [6, 6.07) is 6.41. The Balaban J connectivity index is 0.00000484. The van der Waals surface area contributed by atoms with Gasteiger partial charge in [0.1, 0.15) is 0 Å². The molecular weight excluding hydrogens is 338 g/mol. The highest BCUT2D eigenvalue weighted by Crippen LogP contribution is 2.11. The zero-order valence-electron chi connectivity index (χ0n) is 13.6. The molecule has 0 aliphatic rings. The van der Waals surface area contributed by atoms with Gasteiger partial charge in [0, 0.05) is 24.3 Å². The average Bonchev–Trinajstić information content (AvgIpc) is 2.47. The number of hydrogen-bond acceptors (Lipinski definition) is 4. The molecule has 0 saturated carbocycles. The van der Waals surface area contributed by atoms with E-state index >= 15 is 0 Å². The maximum atomic E-state index is 11.9. The molecule has 0 atom stereocenters. The summed E-state index contributed by atoms with van der Waals surface area (Å²) in [5, 5.41) is 6.00. The van der Waals surface area contributed by atoms with E-state index in [2.05, 4.69) is 22.3 Å². The fourth-order valence-electron chi connectivity index (χ4n) is 1.86. The molecule has 0 saturated heterocycles. The van der Waals surface area contributed by atoms with Crippen LogP contribution in [0.5, 0.6) is 0 Å². The summed E-state index contributed by atoms with van der Waals surface area (Å²) in [4.78, 5) is 11.9. The Morgan fingerprint density at radius 1 is 1.00 bits per heavy atom. The minimum Gasteiger partial charge on any atom is -0.351 e. The van der Waals surface area contributed by atoms with Gasteiger partial charge in [0.25, 0.3) is 5.91 Å². The number of sulfonamides is 1. The van der Waals surface area contributed by atoms with Crippen molar-refractivity contribution in [3.05, 3.63) is 29.8 Å². The second-order valence-corrected chi connectivity index (χ2v) is 6.85. The van der Waals surface area contributed by atoms with Gasteiger partial charge in [-0.1, -0.05) is 13.8 Å². The van der Waals surface area contributed by atoms with E-state index < -0.39 is 10.0 Å². The van der Waals surface area contributed by atoms with Crippen LogP contribution < -0.4 is 15.4 Å². The smallest absolute Gasteiger partial charge is 0.251 e. The number of nitrogens with one attached hydrogen (secondary N) is 3. The van der Waals surface area contributed by atoms with Crippen molar-refractivity contribution in [3.8, 4) is 0 Å². The number of rotatable bonds is 10. The quantitative estimate of drug-likeness (QED) is 0.555. The van der Waals surface area contributed by atoms with Gasteiger partial charge in [-0.05, 0) is 43.7 Å². The molecule has 0 unspecified atom stereocenters. The van der Waals surface area contributed by atoms with E-state index in [1.165, 1.54) is 0 Å². The summed E-state index contributed by atoms with van der Waals surface area (Å²) >= 11 is 0. The first-order valence-electron chi connectivity index (χ1n) is 7.58. The molecule has 6 nitrogen and oxygen atoms in total. The molecule has 0 fully saturated rings. The van der Waals surface area contributed by atoms with Crippen molar-refractivity contribution >= 4 is 34.0 Å². The van der Waals surface area contributed by atoms with Gasteiger partial charge in [-0.15, -0.1) is 12.4 Å². The Kier molecular flexibility index (Phi) is 10.6. The van der Waals surface area contributed by atoms with Crippen LogP contribution in [0.15, 0.2) is 24.3 Å². The zero-order valence-corrected chi connectivity index (χ0v) is 15.2. The molecule has 23 heavy (non-hydrogen) atoms. The van der Waals surface area contributed by atoms with Crippen LogP contribution in [0.2, 0.25) is 0 Å². The Hall–Kier alpha value is -1.31. The molecule has 1 rings (SSSR count). The van der Waals surface area contributed by atoms with Crippen molar-refractivity contribution in [2.75, 3.05) is 30.1 Å². The first kappa shape index (κ1) is 21.7. The van der Waals surface area contributed by atoms with Crippen molar-refractivity contribution in [1.29, 1.82) is 0 Å². The first-order chi connectivity index (χ1) is 10.5. The highest BCUT2D eigenvalue weighted by molar-refractivity contribution is 7.92. The lowest BCUT2D eigenvalue weighted by Gasteiger charge is -2.09. The number of anilines is 1. The molecule has 0 spiro atoms. The summed E-state index contributed by atoms with van der Waals surface area (Å²) in [5.41, 5.74) is 0.976. The van der Waals surface area contributed by atoms with E-state index in [0.717, 1.165) is 19.5 Å². The lowest BCUT2D eigenvalue weighted by molar-refractivity contribution is 0.0954. The average molecular weight is 364 g/mol. The maximum absolute atomic E-state index is 11.9. The predicted octanol–water partition coefficient (Wildman–Crippen LogP) is 1.99. The van der Waals surface area contributed by atoms with Gasteiger partial charge in [-0.2, -0.15) is 0 Å². The van der Waals surface area contributed by atoms with E-state index in [4.69, 9.17) is 0 Å². The molecule has 0 heterocycles. The van der Waals surface area contributed by atoms with Gasteiger partial charge in [-0.3, -0.25) is 9.52 Å². The monoisotopic (exact) mass is 363 g/mol. The summed E-state index contributed by atoms with van der Waals surface area (Å²) < 4.78 is 25.8. The first-order valence-corrected chi connectivity index (χ1v) is 9.23. The van der Waals surface area contributed by atoms with Gasteiger partial charge in [-0.25, -0.2) is 8.42 Å². The third kappa shape index (κ3) is 8.78. The number of hydrogen-bond donors (Lipinski definition) is 3. The van der Waals surface area contributed by atoms with E-state index in [9.17, 15) is 13.2 Å². The van der Waals surface area contributed by atoms with Gasteiger partial charge in [0.2, 0.25) is 10.0 Å². The van der Waals surface area contributed by atoms with Gasteiger partial charge >= 0.3 is 0 Å². The zero-order chi connectivity index (χ0) is 16.4. The van der Waals surface area contributed by atoms with Crippen LogP contribution in [0.25, 0.3) is 0 Å². The maximum Gasteiger partial charge on any atom is 0.251 e. The van der Waals surface area contributed by atoms with E-state index in [-0.39, 0.29) is 24.1 Å². The van der Waals surface area contributed by atoms with Crippen molar-refractivity contribution in [3.63, 3.8) is 0 Å². The van der Waals surface area contributed by atoms with Gasteiger partial charge in [0.05, 0.1) is 5.75 Å². The van der Waals surface area contributed by atoms with E-state index in [1.807, 2.05) is 6.92 Å². The minimum atomic E-state index is -3.30. The molecule has 1 amide bonds. The van der Waals surface area contributed by atoms with Crippen LogP contribution in [-0.4, -0.2) is 39.7 Å². The molecule has 1 aromatic rings. The van der Waals surface area contributed by atoms with Crippen LogP contribution in [0.1, 0.15) is 37.0 Å². The standard InChI is InChI=1S/C15H25N3O3S.ClH/c1-3-9-16-10-11-17-15(19)13-5-7-14(8-6-13)18-22(20,21)12-4-2;/h5-8,16,18H,3-4,9-12H2,1-2H3,(H,17,19);1H. The Morgan fingerprint density at radius 2 is 1.65 bits per heavy atom. The number of amides is 1. The second-order valence-electron chi connectivity index (χ2n) is 5.00. The molecule has 0 bridgehead atoms. The van der Waals surface area contributed by atoms with Crippen LogP contribution in [-0.2, 0) is 10.0 Å². The van der Waals surface area contributed by atoms with E-state index in [0.29, 0.717) is 24.2 Å². The second kappa shape index (κ2) is 11.3. The molecule has 8 heteroatoms. The number of benzene rings is 1. The third-order valence-electron chi connectivity index (χ3n) is 2.91. The lowest BCUT2D eigenvalue weighted by atomic mass is 10.2.